The molecule has 0 amide bonds. The Morgan fingerprint density at radius 1 is 0.571 bits per heavy atom. The first-order chi connectivity index (χ1) is 20.5. The van der Waals surface area contributed by atoms with E-state index in [0.717, 1.165) is 33.4 Å². The fourth-order valence-corrected chi connectivity index (χ4v) is 9.16. The minimum absolute atomic E-state index is 0.0412. The summed E-state index contributed by atoms with van der Waals surface area (Å²) >= 11 is 0. The van der Waals surface area contributed by atoms with Crippen molar-refractivity contribution in [3.8, 4) is 0 Å². The lowest BCUT2D eigenvalue weighted by Crippen LogP contribution is -2.53. The van der Waals surface area contributed by atoms with Gasteiger partial charge in [-0.25, -0.2) is 9.34 Å². The van der Waals surface area contributed by atoms with Crippen LogP contribution < -0.4 is 0 Å². The maximum Gasteiger partial charge on any atom is 0.347 e. The molecule has 5 atom stereocenters. The third-order valence-corrected chi connectivity index (χ3v) is 11.2. The number of hydrogen-bond donors (Lipinski definition) is 3. The molecule has 4 aromatic rings. The van der Waals surface area contributed by atoms with Crippen LogP contribution in [0.15, 0.2) is 109 Å². The molecule has 2 saturated heterocycles. The van der Waals surface area contributed by atoms with Crippen LogP contribution in [-0.2, 0) is 48.2 Å². The highest BCUT2D eigenvalue weighted by molar-refractivity contribution is 7.54. The third kappa shape index (κ3) is 5.87. The van der Waals surface area contributed by atoms with Crippen molar-refractivity contribution in [3.05, 3.63) is 143 Å². The van der Waals surface area contributed by atoms with Crippen LogP contribution in [0.5, 0.6) is 0 Å². The highest BCUT2D eigenvalue weighted by Crippen LogP contribution is 2.67. The summed E-state index contributed by atoms with van der Waals surface area (Å²) in [5.41, 5.74) is 5.64. The first kappa shape index (κ1) is 29.0. The fourth-order valence-electron chi connectivity index (χ4n) is 6.17. The molecule has 1 unspecified atom stereocenters. The lowest BCUT2D eigenvalue weighted by molar-refractivity contribution is -0.0378. The largest absolute Gasteiger partial charge is 0.392 e. The summed E-state index contributed by atoms with van der Waals surface area (Å²) in [7, 11) is -3.62. The maximum absolute atomic E-state index is 15.3. The Hall–Kier alpha value is -3.13. The highest BCUT2D eigenvalue weighted by atomic mass is 31.2. The third-order valence-electron chi connectivity index (χ3n) is 8.46. The van der Waals surface area contributed by atoms with Gasteiger partial charge in [0.15, 0.2) is 0 Å². The quantitative estimate of drug-likeness (QED) is 0.224. The maximum atomic E-state index is 15.3. The van der Waals surface area contributed by atoms with Crippen molar-refractivity contribution in [2.24, 2.45) is 0 Å². The molecule has 2 aliphatic heterocycles. The summed E-state index contributed by atoms with van der Waals surface area (Å²) in [5, 5.41) is 31.1. The second kappa shape index (κ2) is 12.6. The molecule has 0 aliphatic carbocycles. The minimum Gasteiger partial charge on any atom is -0.392 e. The van der Waals surface area contributed by atoms with Gasteiger partial charge in [-0.05, 0) is 46.2 Å². The van der Waals surface area contributed by atoms with Crippen molar-refractivity contribution in [2.75, 3.05) is 0 Å². The average molecular weight is 585 g/mol. The van der Waals surface area contributed by atoms with E-state index in [1.807, 2.05) is 106 Å². The molecule has 0 aromatic heterocycles. The van der Waals surface area contributed by atoms with Gasteiger partial charge in [0.1, 0.15) is 6.10 Å². The molecule has 0 spiro atoms. The molecular weight excluding hydrogens is 547 g/mol. The Morgan fingerprint density at radius 3 is 1.43 bits per heavy atom. The predicted molar refractivity (Wildman–Crippen MR) is 162 cm³/mol. The van der Waals surface area contributed by atoms with Crippen LogP contribution in [0.3, 0.4) is 0 Å². The first-order valence-electron chi connectivity index (χ1n) is 14.4. The van der Waals surface area contributed by atoms with E-state index in [9.17, 15) is 15.3 Å². The van der Waals surface area contributed by atoms with E-state index >= 15 is 4.57 Å². The number of rotatable bonds is 10. The van der Waals surface area contributed by atoms with Crippen molar-refractivity contribution < 1.29 is 24.4 Å². The Kier molecular flexibility index (Phi) is 8.70. The molecule has 0 saturated carbocycles. The second-order valence-electron chi connectivity index (χ2n) is 11.2. The summed E-state index contributed by atoms with van der Waals surface area (Å²) < 4.78 is 25.7. The second-order valence-corrected chi connectivity index (χ2v) is 13.4. The van der Waals surface area contributed by atoms with Gasteiger partial charge in [0, 0.05) is 13.1 Å². The SMILES string of the molecule is O=[P@]12OC([C@@H](O)[C@@H](Cc3ccccc3)N1Cc1ccc(CO)cc1)[C@@H](Cc1ccccc1)N2Cc1ccc(CO)cc1. The number of hydrogen-bond acceptors (Lipinski definition) is 5. The molecule has 0 radical (unpaired) electrons. The monoisotopic (exact) mass is 584 g/mol. The molecule has 42 heavy (non-hydrogen) atoms. The number of fused-ring (bicyclic) bond motifs is 2. The summed E-state index contributed by atoms with van der Waals surface area (Å²) in [6, 6.07) is 34.6. The predicted octanol–water partition coefficient (Wildman–Crippen LogP) is 5.08. The summed E-state index contributed by atoms with van der Waals surface area (Å²) in [4.78, 5) is 0. The lowest BCUT2D eigenvalue weighted by atomic mass is 9.91. The van der Waals surface area contributed by atoms with Crippen molar-refractivity contribution in [1.82, 2.24) is 9.34 Å². The number of aliphatic hydroxyl groups is 3. The Labute approximate surface area is 247 Å². The topological polar surface area (TPSA) is 93.5 Å². The average Bonchev–Trinajstić information content (AvgIpc) is 3.28. The zero-order valence-corrected chi connectivity index (χ0v) is 24.3. The normalized spacial score (nSPS) is 26.0. The van der Waals surface area contributed by atoms with Crippen molar-refractivity contribution in [2.45, 2.75) is 63.4 Å². The van der Waals surface area contributed by atoms with Crippen LogP contribution in [0, 0.1) is 0 Å². The van der Waals surface area contributed by atoms with Gasteiger partial charge in [-0.1, -0.05) is 109 Å². The van der Waals surface area contributed by atoms with Gasteiger partial charge in [0.2, 0.25) is 0 Å². The van der Waals surface area contributed by atoms with E-state index in [0.29, 0.717) is 25.9 Å². The molecule has 8 heteroatoms. The van der Waals surface area contributed by atoms with Crippen LogP contribution in [-0.4, -0.2) is 49.0 Å². The molecule has 2 aliphatic rings. The van der Waals surface area contributed by atoms with E-state index in [1.54, 1.807) is 0 Å². The van der Waals surface area contributed by atoms with Gasteiger partial charge in [0.25, 0.3) is 0 Å². The van der Waals surface area contributed by atoms with Crippen LogP contribution in [0.4, 0.5) is 0 Å². The fraction of sp³-hybridized carbons (Fsp3) is 0.294. The zero-order valence-electron chi connectivity index (χ0n) is 23.4. The van der Waals surface area contributed by atoms with Crippen molar-refractivity contribution >= 4 is 7.67 Å². The van der Waals surface area contributed by atoms with E-state index in [2.05, 4.69) is 12.1 Å². The Morgan fingerprint density at radius 2 is 0.976 bits per heavy atom. The number of nitrogens with zero attached hydrogens (tertiary/aromatic N) is 2. The van der Waals surface area contributed by atoms with Gasteiger partial charge >= 0.3 is 7.67 Å². The molecule has 6 rings (SSSR count). The first-order valence-corrected chi connectivity index (χ1v) is 16.0. The van der Waals surface area contributed by atoms with E-state index in [4.69, 9.17) is 4.52 Å². The highest BCUT2D eigenvalue weighted by Gasteiger charge is 2.62. The van der Waals surface area contributed by atoms with E-state index < -0.39 is 25.9 Å². The Balaban J connectivity index is 1.42. The zero-order chi connectivity index (χ0) is 29.1. The van der Waals surface area contributed by atoms with Gasteiger partial charge in [-0.3, -0.25) is 9.09 Å². The standard InChI is InChI=1S/C34H37N2O5P/c37-23-29-15-11-27(12-16-29)21-35-31(19-25-7-3-1-4-8-25)33(39)34-32(20-26-9-5-2-6-10-26)36(42(35,40)41-34)22-28-13-17-30(24-38)18-14-28/h1-18,31-34,37-39H,19-24H2/t31-,32-,33+,34?,42+/m1/s1. The van der Waals surface area contributed by atoms with Crippen molar-refractivity contribution in [1.29, 1.82) is 0 Å². The molecule has 2 heterocycles. The molecule has 7 nitrogen and oxygen atoms in total. The molecule has 4 aromatic carbocycles. The van der Waals surface area contributed by atoms with Gasteiger partial charge in [0.05, 0.1) is 31.4 Å². The summed E-state index contributed by atoms with van der Waals surface area (Å²) in [5.74, 6) is 0. The van der Waals surface area contributed by atoms with Crippen LogP contribution in [0.25, 0.3) is 0 Å². The molecule has 3 N–H and O–H groups in total. The smallest absolute Gasteiger partial charge is 0.347 e. The van der Waals surface area contributed by atoms with E-state index in [1.165, 1.54) is 0 Å². The van der Waals surface area contributed by atoms with Crippen LogP contribution in [0.1, 0.15) is 33.4 Å². The van der Waals surface area contributed by atoms with Gasteiger partial charge in [-0.2, -0.15) is 0 Å². The molecular formula is C34H37N2O5P. The Bertz CT molecular complexity index is 1460. The molecule has 2 fully saturated rings. The minimum atomic E-state index is -3.62. The van der Waals surface area contributed by atoms with Crippen molar-refractivity contribution in [3.63, 3.8) is 0 Å². The summed E-state index contributed by atoms with van der Waals surface area (Å²) in [6.07, 6.45) is -0.398. The van der Waals surface area contributed by atoms with Crippen LogP contribution >= 0.6 is 7.67 Å². The van der Waals surface area contributed by atoms with Gasteiger partial charge < -0.3 is 15.3 Å². The summed E-state index contributed by atoms with van der Waals surface area (Å²) in [6.45, 7) is 0.608. The van der Waals surface area contributed by atoms with E-state index in [-0.39, 0.29) is 19.3 Å². The molecule has 2 bridgehead atoms. The number of benzene rings is 4. The van der Waals surface area contributed by atoms with Crippen LogP contribution in [0.2, 0.25) is 0 Å². The molecule has 218 valence electrons. The van der Waals surface area contributed by atoms with Gasteiger partial charge in [-0.15, -0.1) is 0 Å². The lowest BCUT2D eigenvalue weighted by Gasteiger charge is -2.43. The number of aliphatic hydroxyl groups excluding tert-OH is 3.